The highest BCUT2D eigenvalue weighted by molar-refractivity contribution is 7.02. The van der Waals surface area contributed by atoms with Gasteiger partial charge in [-0.3, -0.25) is 9.98 Å². The fraction of sp³-hybridized carbons (Fsp3) is 0.125. The molecule has 0 fully saturated rings. The van der Waals surface area contributed by atoms with Crippen LogP contribution in [-0.4, -0.2) is 8.94 Å². The molecule has 3 rings (SSSR count). The molecule has 3 aromatic rings. The molecule has 1 heterocycles. The molecule has 0 aliphatic heterocycles. The zero-order chi connectivity index (χ0) is 14.5. The van der Waals surface area contributed by atoms with Gasteiger partial charge in [0.1, 0.15) is 0 Å². The lowest BCUT2D eigenvalue weighted by Gasteiger charge is -2.09. The maximum atomic E-state index is 8.00. The molecule has 0 aliphatic rings. The Morgan fingerprint density at radius 2 is 1.57 bits per heavy atom. The van der Waals surface area contributed by atoms with E-state index in [4.69, 9.17) is 5.41 Å². The van der Waals surface area contributed by atoms with Crippen molar-refractivity contribution in [2.45, 2.75) is 13.1 Å². The lowest BCUT2D eigenvalue weighted by atomic mass is 10.2. The van der Waals surface area contributed by atoms with E-state index < -0.39 is 0 Å². The van der Waals surface area contributed by atoms with Gasteiger partial charge in [-0.25, -0.2) is 0 Å². The van der Waals surface area contributed by atoms with E-state index in [1.165, 1.54) is 22.7 Å². The van der Waals surface area contributed by atoms with Gasteiger partial charge in [-0.1, -0.05) is 60.7 Å². The van der Waals surface area contributed by atoms with Crippen molar-refractivity contribution in [1.82, 2.24) is 8.94 Å². The summed E-state index contributed by atoms with van der Waals surface area (Å²) in [7, 11) is 0. The van der Waals surface area contributed by atoms with Crippen LogP contribution in [0.3, 0.4) is 0 Å². The molecule has 1 aromatic heterocycles. The lowest BCUT2D eigenvalue weighted by molar-refractivity contribution is 0.753. The number of benzene rings is 2. The van der Waals surface area contributed by atoms with Gasteiger partial charge >= 0.3 is 0 Å². The molecule has 106 valence electrons. The Kier molecular flexibility index (Phi) is 4.12. The summed E-state index contributed by atoms with van der Waals surface area (Å²) in [5.74, 6) is 0.748. The SMILES string of the molecule is N=c1snc(NCc2ccccc2)n1Cc1ccccc1. The standard InChI is InChI=1S/C16H16N4S/c17-15-20(12-14-9-5-2-6-10-14)16(19-21-15)18-11-13-7-3-1-4-8-13/h1-10,17H,11-12H2,(H,18,19). The topological polar surface area (TPSA) is 53.7 Å². The number of nitrogens with one attached hydrogen (secondary N) is 2. The number of rotatable bonds is 5. The van der Waals surface area contributed by atoms with Gasteiger partial charge in [-0.05, 0) is 11.1 Å². The minimum Gasteiger partial charge on any atom is -0.351 e. The smallest absolute Gasteiger partial charge is 0.216 e. The molecule has 0 amide bonds. The third-order valence-electron chi connectivity index (χ3n) is 3.20. The average molecular weight is 296 g/mol. The third kappa shape index (κ3) is 3.38. The Labute approximate surface area is 127 Å². The second kappa shape index (κ2) is 6.37. The number of nitrogens with zero attached hydrogens (tertiary/aromatic N) is 2. The number of hydrogen-bond acceptors (Lipinski definition) is 4. The second-order valence-corrected chi connectivity index (χ2v) is 5.47. The Balaban J connectivity index is 1.76. The molecule has 5 heteroatoms. The molecule has 0 saturated heterocycles. The van der Waals surface area contributed by atoms with Crippen LogP contribution >= 0.6 is 11.5 Å². The molecule has 21 heavy (non-hydrogen) atoms. The molecular weight excluding hydrogens is 280 g/mol. The lowest BCUT2D eigenvalue weighted by Crippen LogP contribution is -2.17. The first kappa shape index (κ1) is 13.6. The van der Waals surface area contributed by atoms with Crippen molar-refractivity contribution in [3.63, 3.8) is 0 Å². The van der Waals surface area contributed by atoms with Crippen LogP contribution in [0, 0.1) is 5.41 Å². The van der Waals surface area contributed by atoms with Gasteiger partial charge in [0.2, 0.25) is 10.7 Å². The van der Waals surface area contributed by atoms with Gasteiger partial charge in [0.25, 0.3) is 0 Å². The first-order chi connectivity index (χ1) is 10.3. The largest absolute Gasteiger partial charge is 0.351 e. The fourth-order valence-electron chi connectivity index (χ4n) is 2.10. The fourth-order valence-corrected chi connectivity index (χ4v) is 2.68. The summed E-state index contributed by atoms with van der Waals surface area (Å²) < 4.78 is 6.22. The van der Waals surface area contributed by atoms with Crippen LogP contribution in [0.4, 0.5) is 5.95 Å². The Morgan fingerprint density at radius 3 is 2.24 bits per heavy atom. The second-order valence-electron chi connectivity index (χ2n) is 4.72. The van der Waals surface area contributed by atoms with Gasteiger partial charge < -0.3 is 5.32 Å². The van der Waals surface area contributed by atoms with E-state index in [2.05, 4.69) is 34.0 Å². The third-order valence-corrected chi connectivity index (χ3v) is 3.85. The maximum Gasteiger partial charge on any atom is 0.216 e. The van der Waals surface area contributed by atoms with Crippen molar-refractivity contribution in [3.05, 3.63) is 76.6 Å². The molecule has 0 radical (unpaired) electrons. The van der Waals surface area contributed by atoms with Crippen molar-refractivity contribution >= 4 is 17.5 Å². The Morgan fingerprint density at radius 1 is 0.952 bits per heavy atom. The number of anilines is 1. The summed E-state index contributed by atoms with van der Waals surface area (Å²) in [5, 5.41) is 11.3. The van der Waals surface area contributed by atoms with E-state index in [0.29, 0.717) is 17.9 Å². The molecule has 2 aromatic carbocycles. The van der Waals surface area contributed by atoms with Crippen LogP contribution in [0.2, 0.25) is 0 Å². The van der Waals surface area contributed by atoms with Gasteiger partial charge in [-0.2, -0.15) is 4.37 Å². The summed E-state index contributed by atoms with van der Waals surface area (Å²) in [4.78, 5) is 0.453. The van der Waals surface area contributed by atoms with Gasteiger partial charge in [0.05, 0.1) is 6.54 Å². The van der Waals surface area contributed by atoms with Crippen molar-refractivity contribution in [2.24, 2.45) is 0 Å². The predicted octanol–water partition coefficient (Wildman–Crippen LogP) is 3.08. The maximum absolute atomic E-state index is 8.00. The minimum absolute atomic E-state index is 0.453. The van der Waals surface area contributed by atoms with E-state index >= 15 is 0 Å². The number of aromatic nitrogens is 2. The van der Waals surface area contributed by atoms with Crippen LogP contribution in [0.25, 0.3) is 0 Å². The van der Waals surface area contributed by atoms with Gasteiger partial charge in [0, 0.05) is 18.1 Å². The summed E-state index contributed by atoms with van der Waals surface area (Å²) in [6.07, 6.45) is 0. The van der Waals surface area contributed by atoms with Crippen molar-refractivity contribution in [3.8, 4) is 0 Å². The molecular formula is C16H16N4S. The van der Waals surface area contributed by atoms with E-state index in [1.54, 1.807) is 0 Å². The molecule has 2 N–H and O–H groups in total. The van der Waals surface area contributed by atoms with E-state index in [1.807, 2.05) is 41.0 Å². The first-order valence-corrected chi connectivity index (χ1v) is 7.53. The minimum atomic E-state index is 0.453. The molecule has 0 spiro atoms. The van der Waals surface area contributed by atoms with Gasteiger partial charge in [-0.15, -0.1) is 0 Å². The van der Waals surface area contributed by atoms with Crippen molar-refractivity contribution in [1.29, 1.82) is 5.41 Å². The number of hydrogen-bond donors (Lipinski definition) is 2. The highest BCUT2D eigenvalue weighted by atomic mass is 32.1. The normalized spacial score (nSPS) is 10.5. The quantitative estimate of drug-likeness (QED) is 0.760. The molecule has 4 nitrogen and oxygen atoms in total. The van der Waals surface area contributed by atoms with Crippen LogP contribution in [0.5, 0.6) is 0 Å². The summed E-state index contributed by atoms with van der Waals surface area (Å²) in [6.45, 7) is 1.37. The highest BCUT2D eigenvalue weighted by Crippen LogP contribution is 2.09. The predicted molar refractivity (Wildman–Crippen MR) is 85.3 cm³/mol. The molecule has 0 bridgehead atoms. The Hall–Kier alpha value is -2.40. The highest BCUT2D eigenvalue weighted by Gasteiger charge is 2.06. The monoisotopic (exact) mass is 296 g/mol. The molecule has 0 saturated carbocycles. The molecule has 0 unspecified atom stereocenters. The molecule has 0 aliphatic carbocycles. The summed E-state index contributed by atoms with van der Waals surface area (Å²) >= 11 is 1.20. The first-order valence-electron chi connectivity index (χ1n) is 6.76. The van der Waals surface area contributed by atoms with Crippen LogP contribution in [0.15, 0.2) is 60.7 Å². The van der Waals surface area contributed by atoms with Gasteiger partial charge in [0.15, 0.2) is 0 Å². The van der Waals surface area contributed by atoms with Crippen LogP contribution in [-0.2, 0) is 13.1 Å². The summed E-state index contributed by atoms with van der Waals surface area (Å²) in [5.41, 5.74) is 2.36. The Bertz CT molecular complexity index is 747. The summed E-state index contributed by atoms with van der Waals surface area (Å²) in [6, 6.07) is 20.3. The van der Waals surface area contributed by atoms with E-state index in [9.17, 15) is 0 Å². The van der Waals surface area contributed by atoms with Crippen LogP contribution in [0.1, 0.15) is 11.1 Å². The van der Waals surface area contributed by atoms with E-state index in [0.717, 1.165) is 5.95 Å². The molecule has 0 atom stereocenters. The van der Waals surface area contributed by atoms with Crippen molar-refractivity contribution in [2.75, 3.05) is 5.32 Å². The van der Waals surface area contributed by atoms with E-state index in [-0.39, 0.29) is 0 Å². The average Bonchev–Trinajstić information content (AvgIpc) is 2.88. The van der Waals surface area contributed by atoms with Crippen LogP contribution < -0.4 is 10.1 Å². The van der Waals surface area contributed by atoms with Crippen molar-refractivity contribution < 1.29 is 0 Å². The zero-order valence-corrected chi connectivity index (χ0v) is 12.3. The zero-order valence-electron chi connectivity index (χ0n) is 11.5.